The van der Waals surface area contributed by atoms with E-state index in [2.05, 4.69) is 46.6 Å². The van der Waals surface area contributed by atoms with Gasteiger partial charge < -0.3 is 19.7 Å². The third-order valence-electron chi connectivity index (χ3n) is 4.60. The summed E-state index contributed by atoms with van der Waals surface area (Å²) in [6, 6.07) is 18.4. The summed E-state index contributed by atoms with van der Waals surface area (Å²) in [5, 5.41) is 3.48. The molecule has 0 saturated carbocycles. The van der Waals surface area contributed by atoms with Crippen LogP contribution in [0.25, 0.3) is 0 Å². The largest absolute Gasteiger partial charge is 0.497 e. The molecule has 2 aromatic carbocycles. The molecule has 5 heteroatoms. The van der Waals surface area contributed by atoms with Crippen LogP contribution in [-0.2, 0) is 11.3 Å². The Labute approximate surface area is 158 Å². The van der Waals surface area contributed by atoms with E-state index >= 15 is 0 Å². The van der Waals surface area contributed by atoms with E-state index in [-0.39, 0.29) is 6.17 Å². The van der Waals surface area contributed by atoms with E-state index in [1.165, 1.54) is 5.56 Å². The Bertz CT molecular complexity index is 859. The number of methoxy groups -OCH3 is 1. The van der Waals surface area contributed by atoms with Gasteiger partial charge in [0, 0.05) is 13.0 Å². The van der Waals surface area contributed by atoms with E-state index in [0.29, 0.717) is 0 Å². The first-order valence-electron chi connectivity index (χ1n) is 8.56. The summed E-state index contributed by atoms with van der Waals surface area (Å²) in [5.41, 5.74) is 3.35. The number of benzene rings is 2. The fraction of sp³-hybridized carbons (Fsp3) is 0.190. The highest BCUT2D eigenvalue weighted by Crippen LogP contribution is 2.35. The van der Waals surface area contributed by atoms with Gasteiger partial charge in [0.2, 0.25) is 5.88 Å². The Hall–Kier alpha value is -2.79. The molecular formula is C21H20N2O2S. The molecule has 132 valence electrons. The van der Waals surface area contributed by atoms with Gasteiger partial charge in [-0.2, -0.15) is 0 Å². The highest BCUT2D eigenvalue weighted by molar-refractivity contribution is 7.80. The minimum absolute atomic E-state index is 0.0983. The van der Waals surface area contributed by atoms with Crippen LogP contribution in [0.2, 0.25) is 0 Å². The molecule has 0 bridgehead atoms. The molecule has 26 heavy (non-hydrogen) atoms. The van der Waals surface area contributed by atoms with Crippen LogP contribution in [0.5, 0.6) is 5.75 Å². The van der Waals surface area contributed by atoms with Crippen molar-refractivity contribution < 1.29 is 9.47 Å². The zero-order valence-electron chi connectivity index (χ0n) is 14.5. The first kappa shape index (κ1) is 16.7. The van der Waals surface area contributed by atoms with Gasteiger partial charge in [-0.1, -0.05) is 54.7 Å². The number of rotatable bonds is 4. The number of hydrogen-bond acceptors (Lipinski definition) is 4. The van der Waals surface area contributed by atoms with Gasteiger partial charge in [0.15, 0.2) is 0 Å². The van der Waals surface area contributed by atoms with Gasteiger partial charge in [0.05, 0.1) is 18.9 Å². The van der Waals surface area contributed by atoms with Gasteiger partial charge in [0.25, 0.3) is 0 Å². The first-order chi connectivity index (χ1) is 12.8. The quantitative estimate of drug-likeness (QED) is 0.820. The van der Waals surface area contributed by atoms with Crippen LogP contribution in [-0.4, -0.2) is 17.0 Å². The standard InChI is InChI=1S/C21H20N2O2S/c1-24-17-11-9-16(10-12-17)19-22-20(26)18-8-5-13-25-21(18)23(19)14-15-6-3-2-4-7-15/h2-7,9-13,19H,8,14H2,1H3,(H,22,26). The van der Waals surface area contributed by atoms with Crippen LogP contribution in [0.3, 0.4) is 0 Å². The maximum absolute atomic E-state index is 5.91. The molecular weight excluding hydrogens is 344 g/mol. The van der Waals surface area contributed by atoms with Gasteiger partial charge in [-0.25, -0.2) is 0 Å². The molecule has 1 unspecified atom stereocenters. The van der Waals surface area contributed by atoms with Crippen LogP contribution in [0.15, 0.2) is 78.4 Å². The second-order valence-corrected chi connectivity index (χ2v) is 6.65. The minimum atomic E-state index is -0.0983. The SMILES string of the molecule is COc1ccc(C2NC(=S)C3=C(OC=CC3)N2Cc2ccccc2)cc1. The smallest absolute Gasteiger partial charge is 0.203 e. The second kappa shape index (κ2) is 7.22. The lowest BCUT2D eigenvalue weighted by Gasteiger charge is -2.41. The highest BCUT2D eigenvalue weighted by Gasteiger charge is 2.34. The van der Waals surface area contributed by atoms with Crippen LogP contribution < -0.4 is 10.1 Å². The summed E-state index contributed by atoms with van der Waals surface area (Å²) in [5.74, 6) is 1.67. The van der Waals surface area contributed by atoms with Crippen molar-refractivity contribution in [3.05, 3.63) is 89.5 Å². The molecule has 2 aliphatic rings. The Kier molecular flexibility index (Phi) is 4.63. The molecule has 0 aliphatic carbocycles. The summed E-state index contributed by atoms with van der Waals surface area (Å²) in [7, 11) is 1.67. The normalized spacial score (nSPS) is 18.9. The average molecular weight is 364 g/mol. The zero-order chi connectivity index (χ0) is 17.9. The lowest BCUT2D eigenvalue weighted by atomic mass is 10.0. The summed E-state index contributed by atoms with van der Waals surface area (Å²) >= 11 is 5.61. The van der Waals surface area contributed by atoms with Crippen molar-refractivity contribution in [2.75, 3.05) is 7.11 Å². The number of ether oxygens (including phenoxy) is 2. The molecule has 0 spiro atoms. The molecule has 0 aromatic heterocycles. The van der Waals surface area contributed by atoms with Gasteiger partial charge in [-0.05, 0) is 29.3 Å². The predicted molar refractivity (Wildman–Crippen MR) is 105 cm³/mol. The van der Waals surface area contributed by atoms with Crippen molar-refractivity contribution in [1.82, 2.24) is 10.2 Å². The summed E-state index contributed by atoms with van der Waals surface area (Å²) in [4.78, 5) is 2.97. The maximum Gasteiger partial charge on any atom is 0.203 e. The van der Waals surface area contributed by atoms with Crippen LogP contribution in [0, 0.1) is 0 Å². The number of nitrogens with zero attached hydrogens (tertiary/aromatic N) is 1. The van der Waals surface area contributed by atoms with Crippen molar-refractivity contribution in [2.45, 2.75) is 19.1 Å². The number of hydrogen-bond donors (Lipinski definition) is 1. The molecule has 1 N–H and O–H groups in total. The lowest BCUT2D eigenvalue weighted by Crippen LogP contribution is -2.46. The van der Waals surface area contributed by atoms with E-state index in [1.807, 2.05) is 24.3 Å². The Morgan fingerprint density at radius 3 is 2.65 bits per heavy atom. The van der Waals surface area contributed by atoms with Crippen molar-refractivity contribution in [1.29, 1.82) is 0 Å². The minimum Gasteiger partial charge on any atom is -0.497 e. The molecule has 1 atom stereocenters. The average Bonchev–Trinajstić information content (AvgIpc) is 2.71. The Morgan fingerprint density at radius 1 is 1.15 bits per heavy atom. The number of thiocarbonyl (C=S) groups is 1. The molecule has 4 rings (SSSR count). The van der Waals surface area contributed by atoms with E-state index < -0.39 is 0 Å². The summed E-state index contributed by atoms with van der Waals surface area (Å²) in [6.07, 6.45) is 4.41. The molecule has 0 fully saturated rings. The van der Waals surface area contributed by atoms with E-state index in [4.69, 9.17) is 21.7 Å². The van der Waals surface area contributed by atoms with E-state index in [1.54, 1.807) is 13.4 Å². The number of allylic oxidation sites excluding steroid dienone is 1. The van der Waals surface area contributed by atoms with Gasteiger partial charge in [-0.3, -0.25) is 0 Å². The van der Waals surface area contributed by atoms with Crippen molar-refractivity contribution >= 4 is 17.2 Å². The third-order valence-corrected chi connectivity index (χ3v) is 4.96. The van der Waals surface area contributed by atoms with Gasteiger partial charge in [-0.15, -0.1) is 0 Å². The molecule has 0 amide bonds. The van der Waals surface area contributed by atoms with Crippen molar-refractivity contribution in [3.63, 3.8) is 0 Å². The molecule has 4 nitrogen and oxygen atoms in total. The zero-order valence-corrected chi connectivity index (χ0v) is 15.3. The molecule has 2 heterocycles. The first-order valence-corrected chi connectivity index (χ1v) is 8.97. The summed E-state index contributed by atoms with van der Waals surface area (Å²) < 4.78 is 11.2. The molecule has 0 radical (unpaired) electrons. The van der Waals surface area contributed by atoms with Crippen LogP contribution in [0.1, 0.15) is 23.7 Å². The monoisotopic (exact) mass is 364 g/mol. The van der Waals surface area contributed by atoms with Crippen LogP contribution >= 0.6 is 12.2 Å². The van der Waals surface area contributed by atoms with Gasteiger partial charge >= 0.3 is 0 Å². The maximum atomic E-state index is 5.91. The van der Waals surface area contributed by atoms with Crippen molar-refractivity contribution in [2.24, 2.45) is 0 Å². The molecule has 0 saturated heterocycles. The van der Waals surface area contributed by atoms with E-state index in [0.717, 1.165) is 40.7 Å². The summed E-state index contributed by atoms with van der Waals surface area (Å²) in [6.45, 7) is 0.722. The Morgan fingerprint density at radius 2 is 1.92 bits per heavy atom. The molecule has 2 aliphatic heterocycles. The fourth-order valence-electron chi connectivity index (χ4n) is 3.27. The van der Waals surface area contributed by atoms with Crippen LogP contribution in [0.4, 0.5) is 0 Å². The fourth-order valence-corrected chi connectivity index (χ4v) is 3.55. The third kappa shape index (κ3) is 3.18. The second-order valence-electron chi connectivity index (χ2n) is 6.24. The van der Waals surface area contributed by atoms with Gasteiger partial charge in [0.1, 0.15) is 16.9 Å². The van der Waals surface area contributed by atoms with Crippen molar-refractivity contribution in [3.8, 4) is 5.75 Å². The topological polar surface area (TPSA) is 33.7 Å². The number of nitrogens with one attached hydrogen (secondary N) is 1. The predicted octanol–water partition coefficient (Wildman–Crippen LogP) is 4.27. The molecule has 2 aromatic rings. The van der Waals surface area contributed by atoms with E-state index in [9.17, 15) is 0 Å². The Balaban J connectivity index is 1.73. The lowest BCUT2D eigenvalue weighted by molar-refractivity contribution is 0.109. The highest BCUT2D eigenvalue weighted by atomic mass is 32.1.